The van der Waals surface area contributed by atoms with Crippen LogP contribution in [-0.4, -0.2) is 10.7 Å². The summed E-state index contributed by atoms with van der Waals surface area (Å²) >= 11 is 0. The second-order valence-corrected chi connectivity index (χ2v) is 4.39. The van der Waals surface area contributed by atoms with Crippen molar-refractivity contribution in [1.29, 1.82) is 0 Å². The van der Waals surface area contributed by atoms with E-state index in [0.29, 0.717) is 5.56 Å². The zero-order valence-electron chi connectivity index (χ0n) is 10.7. The molecule has 0 N–H and O–H groups in total. The minimum atomic E-state index is -0.423. The molecule has 0 radical (unpaired) electrons. The molecule has 2 aromatic rings. The minimum absolute atomic E-state index is 0. The van der Waals surface area contributed by atoms with Gasteiger partial charge in [0, 0.05) is 17.7 Å². The van der Waals surface area contributed by atoms with Crippen molar-refractivity contribution in [3.05, 3.63) is 63.7 Å². The molecule has 2 aromatic carbocycles. The minimum Gasteiger partial charge on any atom is -0.295 e. The summed E-state index contributed by atoms with van der Waals surface area (Å²) in [6.07, 6.45) is 0. The summed E-state index contributed by atoms with van der Waals surface area (Å²) in [5, 5.41) is 10.6. The van der Waals surface area contributed by atoms with Crippen LogP contribution in [0.4, 0.5) is 5.69 Å². The third-order valence-electron chi connectivity index (χ3n) is 3.02. The molecule has 0 amide bonds. The first-order valence-corrected chi connectivity index (χ1v) is 5.85. The molecule has 0 fully saturated rings. The van der Waals surface area contributed by atoms with Gasteiger partial charge in [-0.3, -0.25) is 14.9 Å². The largest absolute Gasteiger partial charge is 0.295 e. The Labute approximate surface area is 118 Å². The van der Waals surface area contributed by atoms with Crippen LogP contribution in [0.25, 0.3) is 11.1 Å². The van der Waals surface area contributed by atoms with Crippen LogP contribution in [0, 0.1) is 17.0 Å². The lowest BCUT2D eigenvalue weighted by Gasteiger charge is -2.06. The van der Waals surface area contributed by atoms with Crippen LogP contribution in [0.1, 0.15) is 30.3 Å². The third-order valence-corrected chi connectivity index (χ3v) is 3.02. The topological polar surface area (TPSA) is 60.2 Å². The van der Waals surface area contributed by atoms with Crippen molar-refractivity contribution in [2.75, 3.05) is 0 Å². The van der Waals surface area contributed by atoms with E-state index in [1.807, 2.05) is 19.1 Å². The second-order valence-electron chi connectivity index (χ2n) is 4.39. The van der Waals surface area contributed by atoms with E-state index in [0.717, 1.165) is 16.7 Å². The predicted molar refractivity (Wildman–Crippen MR) is 80.0 cm³/mol. The first-order valence-electron chi connectivity index (χ1n) is 5.85. The number of carbonyl (C=O) groups is 1. The molecule has 0 unspecified atom stereocenters. The maximum atomic E-state index is 11.4. The van der Waals surface area contributed by atoms with E-state index in [9.17, 15) is 14.9 Å². The predicted octanol–water partition coefficient (Wildman–Crippen LogP) is 4.41. The molecular weight excluding hydrogens is 254 g/mol. The van der Waals surface area contributed by atoms with Gasteiger partial charge >= 0.3 is 0 Å². The van der Waals surface area contributed by atoms with Crippen molar-refractivity contribution < 1.29 is 9.72 Å². The number of hydrogen-bond donors (Lipinski definition) is 0. The SMILES string of the molecule is C.CC(=O)c1ccc(-c2ccc([N+](=O)[O-])cc2)cc1C. The van der Waals surface area contributed by atoms with Crippen LogP contribution in [0.15, 0.2) is 42.5 Å². The fraction of sp³-hybridized carbons (Fsp3) is 0.188. The molecule has 0 saturated heterocycles. The van der Waals surface area contributed by atoms with Crippen molar-refractivity contribution in [2.45, 2.75) is 21.3 Å². The van der Waals surface area contributed by atoms with Crippen molar-refractivity contribution >= 4 is 11.5 Å². The van der Waals surface area contributed by atoms with Gasteiger partial charge in [0.1, 0.15) is 0 Å². The summed E-state index contributed by atoms with van der Waals surface area (Å²) in [5.74, 6) is 0.0350. The van der Waals surface area contributed by atoms with Crippen molar-refractivity contribution in [1.82, 2.24) is 0 Å². The van der Waals surface area contributed by atoms with Gasteiger partial charge in [0.05, 0.1) is 4.92 Å². The Morgan fingerprint density at radius 2 is 1.60 bits per heavy atom. The number of benzene rings is 2. The lowest BCUT2D eigenvalue weighted by atomic mass is 9.98. The molecule has 0 heterocycles. The summed E-state index contributed by atoms with van der Waals surface area (Å²) < 4.78 is 0. The Kier molecular flexibility index (Phi) is 4.75. The van der Waals surface area contributed by atoms with E-state index in [-0.39, 0.29) is 18.9 Å². The van der Waals surface area contributed by atoms with Gasteiger partial charge in [-0.15, -0.1) is 0 Å². The molecule has 4 heteroatoms. The lowest BCUT2D eigenvalue weighted by Crippen LogP contribution is -1.96. The Bertz CT molecular complexity index is 645. The van der Waals surface area contributed by atoms with Gasteiger partial charge < -0.3 is 0 Å². The Morgan fingerprint density at radius 3 is 2.05 bits per heavy atom. The van der Waals surface area contributed by atoms with Crippen LogP contribution in [0.2, 0.25) is 0 Å². The first-order chi connectivity index (χ1) is 8.99. The molecule has 0 aliphatic rings. The number of nitro groups is 1. The second kappa shape index (κ2) is 6.10. The molecule has 0 saturated carbocycles. The lowest BCUT2D eigenvalue weighted by molar-refractivity contribution is -0.384. The molecule has 0 spiro atoms. The number of carbonyl (C=O) groups excluding carboxylic acids is 1. The zero-order valence-corrected chi connectivity index (χ0v) is 10.7. The monoisotopic (exact) mass is 271 g/mol. The molecule has 0 aromatic heterocycles. The normalized spacial score (nSPS) is 9.70. The van der Waals surface area contributed by atoms with Crippen LogP contribution < -0.4 is 0 Å². The van der Waals surface area contributed by atoms with E-state index in [2.05, 4.69) is 0 Å². The maximum Gasteiger partial charge on any atom is 0.269 e. The number of aryl methyl sites for hydroxylation is 1. The fourth-order valence-corrected chi connectivity index (χ4v) is 2.01. The number of non-ortho nitro benzene ring substituents is 1. The van der Waals surface area contributed by atoms with Gasteiger partial charge in [-0.1, -0.05) is 25.6 Å². The fourth-order valence-electron chi connectivity index (χ4n) is 2.01. The van der Waals surface area contributed by atoms with Gasteiger partial charge in [0.15, 0.2) is 5.78 Å². The van der Waals surface area contributed by atoms with Crippen LogP contribution in [0.5, 0.6) is 0 Å². The summed E-state index contributed by atoms with van der Waals surface area (Å²) in [7, 11) is 0. The maximum absolute atomic E-state index is 11.4. The summed E-state index contributed by atoms with van der Waals surface area (Å²) in [4.78, 5) is 21.5. The van der Waals surface area contributed by atoms with E-state index >= 15 is 0 Å². The van der Waals surface area contributed by atoms with Crippen LogP contribution in [0.3, 0.4) is 0 Å². The molecule has 0 atom stereocenters. The van der Waals surface area contributed by atoms with Gasteiger partial charge in [0.25, 0.3) is 5.69 Å². The van der Waals surface area contributed by atoms with Crippen molar-refractivity contribution in [2.24, 2.45) is 0 Å². The van der Waals surface area contributed by atoms with Crippen LogP contribution in [-0.2, 0) is 0 Å². The summed E-state index contributed by atoms with van der Waals surface area (Å²) in [5.41, 5.74) is 3.51. The Hall–Kier alpha value is -2.49. The first kappa shape index (κ1) is 15.6. The average molecular weight is 271 g/mol. The van der Waals surface area contributed by atoms with Gasteiger partial charge in [-0.05, 0) is 42.7 Å². The molecular formula is C16H17NO3. The highest BCUT2D eigenvalue weighted by atomic mass is 16.6. The molecule has 4 nitrogen and oxygen atoms in total. The van der Waals surface area contributed by atoms with Crippen LogP contribution >= 0.6 is 0 Å². The quantitative estimate of drug-likeness (QED) is 0.472. The van der Waals surface area contributed by atoms with Crippen molar-refractivity contribution in [3.63, 3.8) is 0 Å². The number of hydrogen-bond acceptors (Lipinski definition) is 3. The van der Waals surface area contributed by atoms with E-state index in [4.69, 9.17) is 0 Å². The summed E-state index contributed by atoms with van der Waals surface area (Å²) in [6, 6.07) is 11.9. The van der Waals surface area contributed by atoms with Gasteiger partial charge in [0.2, 0.25) is 0 Å². The zero-order chi connectivity index (χ0) is 14.0. The number of nitro benzene ring substituents is 1. The van der Waals surface area contributed by atoms with E-state index in [1.165, 1.54) is 19.1 Å². The molecule has 0 bridgehead atoms. The standard InChI is InChI=1S/C15H13NO3.CH4/c1-10-9-13(5-8-15(10)11(2)17)12-3-6-14(7-4-12)16(18)19;/h3-9H,1-2H3;1H4. The van der Waals surface area contributed by atoms with Gasteiger partial charge in [-0.2, -0.15) is 0 Å². The molecule has 20 heavy (non-hydrogen) atoms. The Morgan fingerprint density at radius 1 is 1.05 bits per heavy atom. The summed E-state index contributed by atoms with van der Waals surface area (Å²) in [6.45, 7) is 3.42. The molecule has 2 rings (SSSR count). The van der Waals surface area contributed by atoms with Crippen molar-refractivity contribution in [3.8, 4) is 11.1 Å². The third kappa shape index (κ3) is 3.09. The molecule has 0 aliphatic carbocycles. The average Bonchev–Trinajstić information content (AvgIpc) is 2.38. The molecule has 0 aliphatic heterocycles. The van der Waals surface area contributed by atoms with E-state index < -0.39 is 4.92 Å². The number of Topliss-reactive ketones (excluding diaryl/α,β-unsaturated/α-hetero) is 1. The Balaban J connectivity index is 0.00000200. The highest BCUT2D eigenvalue weighted by Crippen LogP contribution is 2.24. The molecule has 104 valence electrons. The number of nitrogens with zero attached hydrogens (tertiary/aromatic N) is 1. The number of rotatable bonds is 3. The van der Waals surface area contributed by atoms with Gasteiger partial charge in [-0.25, -0.2) is 0 Å². The highest BCUT2D eigenvalue weighted by molar-refractivity contribution is 5.96. The van der Waals surface area contributed by atoms with E-state index in [1.54, 1.807) is 18.2 Å². The number of ketones is 1. The smallest absolute Gasteiger partial charge is 0.269 e. The highest BCUT2D eigenvalue weighted by Gasteiger charge is 2.08.